The molecule has 12 atom stereocenters. The van der Waals surface area contributed by atoms with Crippen LogP contribution in [0, 0.1) is 5.41 Å². The molecule has 4 aliphatic heterocycles. The number of carbonyl (C=O) groups is 3. The highest BCUT2D eigenvalue weighted by Crippen LogP contribution is 2.58. The number of carbonyl (C=O) groups excluding carboxylic acids is 3. The Labute approximate surface area is 380 Å². The van der Waals surface area contributed by atoms with Gasteiger partial charge >= 0.3 is 5.97 Å². The molecule has 7 rings (SSSR count). The first-order chi connectivity index (χ1) is 31.4. The zero-order valence-electron chi connectivity index (χ0n) is 37.6. The van der Waals surface area contributed by atoms with E-state index in [2.05, 4.69) is 19.2 Å². The fourth-order valence-electron chi connectivity index (χ4n) is 10.1. The normalized spacial score (nSPS) is 32.0. The Morgan fingerprint density at radius 2 is 1.62 bits per heavy atom. The van der Waals surface area contributed by atoms with Gasteiger partial charge < -0.3 is 59.4 Å². The minimum atomic E-state index is -1.54. The van der Waals surface area contributed by atoms with E-state index in [1.54, 1.807) is 19.2 Å². The molecule has 0 radical (unpaired) electrons. The Balaban J connectivity index is 1.16. The molecule has 0 unspecified atom stereocenters. The van der Waals surface area contributed by atoms with Gasteiger partial charge in [0.2, 0.25) is 11.8 Å². The van der Waals surface area contributed by atoms with Gasteiger partial charge in [0.15, 0.2) is 18.1 Å². The van der Waals surface area contributed by atoms with Crippen molar-refractivity contribution in [1.29, 1.82) is 0 Å². The van der Waals surface area contributed by atoms with Crippen molar-refractivity contribution in [3.05, 3.63) is 77.4 Å². The summed E-state index contributed by atoms with van der Waals surface area (Å²) in [5.41, 5.74) is 0.873. The molecule has 2 aromatic rings. The molecule has 6 N–H and O–H groups in total. The monoisotopic (exact) mass is 909 g/mol. The smallest absolute Gasteiger partial charge is 0.327 e. The number of likely N-dealkylation sites (N-methyl/N-ethyl adjacent to an activating group) is 1. The molecule has 1 aliphatic carbocycles. The minimum Gasteiger partial charge on any atom is -0.458 e. The first kappa shape index (κ1) is 49.1. The van der Waals surface area contributed by atoms with Crippen LogP contribution >= 0.6 is 0 Å². The molecule has 0 aromatic heterocycles. The third kappa shape index (κ3) is 10.4. The van der Waals surface area contributed by atoms with Crippen LogP contribution in [0.1, 0.15) is 88.3 Å². The first-order valence-corrected chi connectivity index (χ1v) is 23.3. The number of nitrogens with zero attached hydrogens (tertiary/aromatic N) is 2. The minimum absolute atomic E-state index is 0.00538. The number of esters is 1. The number of hydroxylamine groups is 2. The number of hydrogen-bond acceptors (Lipinski definition) is 15. The molecule has 65 heavy (non-hydrogen) atoms. The summed E-state index contributed by atoms with van der Waals surface area (Å²) in [6.07, 6.45) is 0.726. The van der Waals surface area contributed by atoms with Gasteiger partial charge in [-0.2, -0.15) is 5.06 Å². The Kier molecular flexibility index (Phi) is 16.5. The molecule has 2 aromatic carbocycles. The Hall–Kier alpha value is -3.85. The van der Waals surface area contributed by atoms with Crippen LogP contribution in [0.4, 0.5) is 0 Å². The van der Waals surface area contributed by atoms with Crippen molar-refractivity contribution in [2.75, 3.05) is 33.4 Å². The summed E-state index contributed by atoms with van der Waals surface area (Å²) >= 11 is 0. The number of amides is 2. The SMILES string of the molecule is CCCCCC1(CCCCC)O[C@@H]2[C@H](O1)[C@H]1ON(Cc3ccc(C=CCO[C@H]4O[C@H](CO)[C@H](O)[C@H](O)[C@H]4O)cc3)[C@H]3C(=O)O[C@@H]2C[C@@]13C(=O)N(C)[C@H](Cc1ccccc1)C(=O)NCCO. The van der Waals surface area contributed by atoms with Crippen LogP contribution in [0.3, 0.4) is 0 Å². The summed E-state index contributed by atoms with van der Waals surface area (Å²) in [5, 5.41) is 53.8. The van der Waals surface area contributed by atoms with E-state index in [0.29, 0.717) is 12.8 Å². The topological polar surface area (TPSA) is 226 Å². The molecule has 2 bridgehead atoms. The predicted molar refractivity (Wildman–Crippen MR) is 234 cm³/mol. The molecule has 5 fully saturated rings. The van der Waals surface area contributed by atoms with Crippen LogP contribution in [0.25, 0.3) is 6.08 Å². The number of rotatable bonds is 22. The van der Waals surface area contributed by atoms with Gasteiger partial charge in [-0.3, -0.25) is 19.2 Å². The molecule has 1 saturated carbocycles. The van der Waals surface area contributed by atoms with Gasteiger partial charge in [-0.15, -0.1) is 0 Å². The lowest BCUT2D eigenvalue weighted by Gasteiger charge is -2.50. The van der Waals surface area contributed by atoms with Gasteiger partial charge in [-0.25, -0.2) is 0 Å². The third-order valence-electron chi connectivity index (χ3n) is 13.6. The van der Waals surface area contributed by atoms with Crippen molar-refractivity contribution in [2.45, 2.75) is 158 Å². The highest BCUT2D eigenvalue weighted by atomic mass is 16.8. The van der Waals surface area contributed by atoms with Crippen molar-refractivity contribution in [2.24, 2.45) is 5.41 Å². The van der Waals surface area contributed by atoms with Gasteiger partial charge in [0.25, 0.3) is 0 Å². The molecule has 358 valence electrons. The fourth-order valence-corrected chi connectivity index (χ4v) is 10.1. The number of nitrogens with one attached hydrogen (secondary N) is 1. The van der Waals surface area contributed by atoms with Crippen molar-refractivity contribution in [3.8, 4) is 0 Å². The zero-order valence-corrected chi connectivity index (χ0v) is 37.6. The second-order valence-corrected chi connectivity index (χ2v) is 18.0. The van der Waals surface area contributed by atoms with E-state index < -0.39 is 103 Å². The van der Waals surface area contributed by atoms with Crippen molar-refractivity contribution < 1.29 is 68.4 Å². The maximum Gasteiger partial charge on any atom is 0.327 e. The van der Waals surface area contributed by atoms with E-state index >= 15 is 4.79 Å². The van der Waals surface area contributed by atoms with Crippen LogP contribution in [0.15, 0.2) is 60.7 Å². The van der Waals surface area contributed by atoms with E-state index in [0.717, 1.165) is 55.2 Å². The largest absolute Gasteiger partial charge is 0.458 e. The lowest BCUT2D eigenvalue weighted by Crippen LogP contribution is -2.70. The van der Waals surface area contributed by atoms with Crippen LogP contribution < -0.4 is 5.32 Å². The summed E-state index contributed by atoms with van der Waals surface area (Å²) in [7, 11) is 1.58. The summed E-state index contributed by atoms with van der Waals surface area (Å²) in [5.74, 6) is -2.45. The Morgan fingerprint density at radius 3 is 2.28 bits per heavy atom. The number of hydrogen-bond donors (Lipinski definition) is 6. The number of fused-ring (bicyclic) bond motifs is 4. The lowest BCUT2D eigenvalue weighted by molar-refractivity contribution is -0.298. The van der Waals surface area contributed by atoms with Gasteiger partial charge in [0.05, 0.1) is 26.4 Å². The second-order valence-electron chi connectivity index (χ2n) is 18.0. The van der Waals surface area contributed by atoms with Gasteiger partial charge in [0, 0.05) is 39.3 Å². The van der Waals surface area contributed by atoms with Crippen LogP contribution in [0.5, 0.6) is 0 Å². The molecular formula is C48H67N3O14. The van der Waals surface area contributed by atoms with E-state index in [-0.39, 0.29) is 39.1 Å². The summed E-state index contributed by atoms with van der Waals surface area (Å²) in [6.45, 7) is 3.54. The van der Waals surface area contributed by atoms with Crippen molar-refractivity contribution in [3.63, 3.8) is 0 Å². The predicted octanol–water partition coefficient (Wildman–Crippen LogP) is 2.14. The van der Waals surface area contributed by atoms with E-state index in [1.165, 1.54) is 9.96 Å². The first-order valence-electron chi connectivity index (χ1n) is 23.3. The highest BCUT2D eigenvalue weighted by Gasteiger charge is 2.76. The average Bonchev–Trinajstić information content (AvgIpc) is 3.87. The molecular weight excluding hydrogens is 843 g/mol. The van der Waals surface area contributed by atoms with Gasteiger partial charge in [-0.05, 0) is 29.5 Å². The van der Waals surface area contributed by atoms with E-state index in [1.807, 2.05) is 54.6 Å². The Bertz CT molecular complexity index is 1910. The summed E-state index contributed by atoms with van der Waals surface area (Å²) < 4.78 is 31.2. The lowest BCUT2D eigenvalue weighted by atomic mass is 9.62. The molecule has 2 amide bonds. The van der Waals surface area contributed by atoms with Crippen LogP contribution in [-0.4, -0.2) is 160 Å². The third-order valence-corrected chi connectivity index (χ3v) is 13.6. The molecule has 5 aliphatic rings. The van der Waals surface area contributed by atoms with Crippen molar-refractivity contribution in [1.82, 2.24) is 15.3 Å². The van der Waals surface area contributed by atoms with Gasteiger partial charge in [0.1, 0.15) is 60.3 Å². The number of aliphatic hydroxyl groups is 5. The average molecular weight is 910 g/mol. The summed E-state index contributed by atoms with van der Waals surface area (Å²) in [4.78, 5) is 52.2. The fraction of sp³-hybridized carbons (Fsp3) is 0.646. The molecule has 0 spiro atoms. The standard InChI is InChI=1S/C48H67N3O14/c1-4-6-11-21-47(22-12-7-5-2)63-39-34-27-48(46(59)50(3)33(43(57)49-23-24-52)26-31-14-9-8-10-15-31)41(44(58)61-34)51(65-42(48)40(39)64-47)28-32-19-17-30(18-20-32)16-13-25-60-45-38(56)37(55)36(54)35(29-53)62-45/h8-10,13-20,33-42,45,52-56H,4-7,11-12,21-29H2,1-3H3,(H,49,57)/t33-,34-,35-,36+,37+,38-,39+,40+,41+,42-,45+,48+/m1/s1. The van der Waals surface area contributed by atoms with E-state index in [9.17, 15) is 35.1 Å². The number of unbranched alkanes of at least 4 members (excludes halogenated alkanes) is 4. The molecule has 17 heteroatoms. The molecule has 17 nitrogen and oxygen atoms in total. The van der Waals surface area contributed by atoms with Crippen molar-refractivity contribution >= 4 is 23.9 Å². The second kappa shape index (κ2) is 21.8. The number of benzene rings is 2. The number of ether oxygens (including phenoxy) is 5. The molecule has 4 saturated heterocycles. The zero-order chi connectivity index (χ0) is 46.3. The quantitative estimate of drug-likeness (QED) is 0.0736. The summed E-state index contributed by atoms with van der Waals surface area (Å²) in [6, 6.07) is 14.7. The Morgan fingerprint density at radius 1 is 0.923 bits per heavy atom. The van der Waals surface area contributed by atoms with E-state index in [4.69, 9.17) is 28.5 Å². The maximum atomic E-state index is 15.6. The highest BCUT2D eigenvalue weighted by molar-refractivity contribution is 5.96. The number of aliphatic hydroxyl groups excluding tert-OH is 5. The molecule has 4 heterocycles. The van der Waals surface area contributed by atoms with Crippen LogP contribution in [-0.2, 0) is 55.9 Å². The van der Waals surface area contributed by atoms with Gasteiger partial charge in [-0.1, -0.05) is 106 Å². The van der Waals surface area contributed by atoms with Crippen LogP contribution in [0.2, 0.25) is 0 Å². The maximum absolute atomic E-state index is 15.6.